The van der Waals surface area contributed by atoms with Gasteiger partial charge in [-0.1, -0.05) is 54.1 Å². The smallest absolute Gasteiger partial charge is 0.365 e. The van der Waals surface area contributed by atoms with Crippen molar-refractivity contribution in [1.29, 1.82) is 0 Å². The molecule has 11 nitrogen and oxygen atoms in total. The molecule has 6 rings (SSSR count). The van der Waals surface area contributed by atoms with Gasteiger partial charge in [0, 0.05) is 30.0 Å². The Morgan fingerprint density at radius 1 is 0.784 bits per heavy atom. The molecule has 1 fully saturated rings. The molecule has 0 radical (unpaired) electrons. The summed E-state index contributed by atoms with van der Waals surface area (Å²) in [6.07, 6.45) is 0. The van der Waals surface area contributed by atoms with E-state index >= 15 is 0 Å². The Bertz CT molecular complexity index is 2120. The van der Waals surface area contributed by atoms with Crippen molar-refractivity contribution in [2.75, 3.05) is 56.2 Å². The second-order valence-electron chi connectivity index (χ2n) is 12.3. The lowest BCUT2D eigenvalue weighted by atomic mass is 10.1. The minimum absolute atomic E-state index is 0.0141. The van der Waals surface area contributed by atoms with Gasteiger partial charge in [0.2, 0.25) is 0 Å². The summed E-state index contributed by atoms with van der Waals surface area (Å²) in [7, 11) is -3.93. The van der Waals surface area contributed by atoms with E-state index < -0.39 is 20.8 Å². The number of rotatable bonds is 12. The molecule has 1 heterocycles. The fourth-order valence-corrected chi connectivity index (χ4v) is 6.93. The summed E-state index contributed by atoms with van der Waals surface area (Å²) < 4.78 is 34.5. The van der Waals surface area contributed by atoms with Gasteiger partial charge >= 0.3 is 5.91 Å². The number of benzene rings is 5. The molecule has 1 unspecified atom stereocenters. The van der Waals surface area contributed by atoms with E-state index in [-0.39, 0.29) is 36.1 Å². The number of piperazine rings is 1. The van der Waals surface area contributed by atoms with Crippen LogP contribution in [0.4, 0.5) is 11.4 Å². The van der Waals surface area contributed by atoms with Gasteiger partial charge in [0.15, 0.2) is 0 Å². The van der Waals surface area contributed by atoms with E-state index in [0.717, 1.165) is 22.0 Å². The van der Waals surface area contributed by atoms with E-state index in [9.17, 15) is 23.2 Å². The fraction of sp³-hybridized carbons (Fsp3) is 0.231. The van der Waals surface area contributed by atoms with Crippen molar-refractivity contribution in [3.05, 3.63) is 137 Å². The summed E-state index contributed by atoms with van der Waals surface area (Å²) in [4.78, 5) is 28.8. The highest BCUT2D eigenvalue weighted by Gasteiger charge is 2.37. The first-order valence-electron chi connectivity index (χ1n) is 16.8. The topological polar surface area (TPSA) is 128 Å². The van der Waals surface area contributed by atoms with Gasteiger partial charge in [-0.05, 0) is 91.3 Å². The Labute approximate surface area is 297 Å². The Morgan fingerprint density at radius 3 is 2.20 bits per heavy atom. The fourth-order valence-electron chi connectivity index (χ4n) is 6.04. The molecule has 0 bridgehead atoms. The van der Waals surface area contributed by atoms with Gasteiger partial charge in [-0.15, -0.1) is 5.01 Å². The summed E-state index contributed by atoms with van der Waals surface area (Å²) >= 11 is 0. The average Bonchev–Trinajstić information content (AvgIpc) is 3.16. The number of amides is 2. The Kier molecular flexibility index (Phi) is 10.8. The molecule has 5 aromatic carbocycles. The quantitative estimate of drug-likeness (QED) is 0.0678. The van der Waals surface area contributed by atoms with Gasteiger partial charge in [0.1, 0.15) is 25.5 Å². The Morgan fingerprint density at radius 2 is 1.49 bits per heavy atom. The van der Waals surface area contributed by atoms with Crippen LogP contribution in [0, 0.1) is 12.1 Å². The molecule has 12 heteroatoms. The zero-order chi connectivity index (χ0) is 36.0. The zero-order valence-corrected chi connectivity index (χ0v) is 29.3. The van der Waals surface area contributed by atoms with Crippen LogP contribution in [0.5, 0.6) is 5.75 Å². The summed E-state index contributed by atoms with van der Waals surface area (Å²) in [5.41, 5.74) is 3.33. The molecule has 0 aromatic heterocycles. The van der Waals surface area contributed by atoms with Crippen molar-refractivity contribution in [2.24, 2.45) is 0 Å². The number of hydrogen-bond acceptors (Lipinski definition) is 9. The molecule has 5 aromatic rings. The van der Waals surface area contributed by atoms with Crippen molar-refractivity contribution < 1.29 is 31.7 Å². The van der Waals surface area contributed by atoms with Crippen LogP contribution in [0.1, 0.15) is 33.2 Å². The van der Waals surface area contributed by atoms with E-state index in [0.29, 0.717) is 43.2 Å². The standard InChI is InChI=1S/C39H40N4O7S/c1-3-43(46,39(45)33-9-6-10-36(28-33)49-25-26-50-51(47,48)37-19-11-29(2)12-20-37)42-23-21-41(22-24-42)35-17-15-34(16-18-35)40-38(44)32-14-13-30-7-4-5-8-31(30)27-32/h4-20,27-28H,3,21-26H2,1-2H3,(H,40,44). The highest BCUT2D eigenvalue weighted by molar-refractivity contribution is 7.86. The highest BCUT2D eigenvalue weighted by Crippen LogP contribution is 2.26. The number of quaternary nitrogens is 1. The first-order chi connectivity index (χ1) is 24.6. The monoisotopic (exact) mass is 708 g/mol. The van der Waals surface area contributed by atoms with Gasteiger partial charge in [0.25, 0.3) is 16.0 Å². The molecular formula is C39H40N4O7S. The number of carbonyl (C=O) groups is 2. The summed E-state index contributed by atoms with van der Waals surface area (Å²) in [6, 6.07) is 33.8. The number of anilines is 2. The summed E-state index contributed by atoms with van der Waals surface area (Å²) in [5.74, 6) is -0.478. The van der Waals surface area contributed by atoms with Gasteiger partial charge in [-0.2, -0.15) is 8.42 Å². The van der Waals surface area contributed by atoms with Gasteiger partial charge in [-0.25, -0.2) is 9.55 Å². The van der Waals surface area contributed by atoms with Crippen LogP contribution in [0.2, 0.25) is 0 Å². The lowest BCUT2D eigenvalue weighted by Gasteiger charge is -2.49. The number of carbonyl (C=O) groups excluding carboxylic acids is 2. The summed E-state index contributed by atoms with van der Waals surface area (Å²) in [6.45, 7) is 5.07. The molecule has 1 N–H and O–H groups in total. The number of ether oxygens (including phenoxy) is 1. The number of fused-ring (bicyclic) bond motifs is 1. The van der Waals surface area contributed by atoms with E-state index in [2.05, 4.69) is 10.2 Å². The number of hydrogen-bond donors (Lipinski definition) is 1. The molecule has 1 aliphatic heterocycles. The highest BCUT2D eigenvalue weighted by atomic mass is 32.2. The van der Waals surface area contributed by atoms with E-state index in [1.165, 1.54) is 18.2 Å². The van der Waals surface area contributed by atoms with Crippen LogP contribution in [-0.4, -0.2) is 75.9 Å². The van der Waals surface area contributed by atoms with Gasteiger partial charge in [0.05, 0.1) is 23.5 Å². The Hall–Kier alpha value is -5.11. The van der Waals surface area contributed by atoms with Crippen molar-refractivity contribution in [1.82, 2.24) is 5.01 Å². The normalized spacial score (nSPS) is 14.9. The van der Waals surface area contributed by atoms with E-state index in [4.69, 9.17) is 8.92 Å². The van der Waals surface area contributed by atoms with Crippen LogP contribution < -0.4 is 15.0 Å². The maximum absolute atomic E-state index is 14.1. The first kappa shape index (κ1) is 35.7. The minimum atomic E-state index is -3.93. The molecule has 2 amide bonds. The van der Waals surface area contributed by atoms with Crippen molar-refractivity contribution in [3.8, 4) is 5.75 Å². The van der Waals surface area contributed by atoms with E-state index in [1.807, 2.05) is 73.7 Å². The third kappa shape index (κ3) is 8.28. The lowest BCUT2D eigenvalue weighted by Crippen LogP contribution is -2.64. The predicted octanol–water partition coefficient (Wildman–Crippen LogP) is 6.40. The average molecular weight is 709 g/mol. The molecule has 264 valence electrons. The molecule has 1 aliphatic rings. The SMILES string of the molecule is CC[N+]([O-])(C(=O)c1cccc(OCCOS(=O)(=O)c2ccc(C)cc2)c1)N1CCN(c2ccc(NC(=O)c3ccc4ccccc4c3)cc2)CC1. The molecule has 51 heavy (non-hydrogen) atoms. The maximum Gasteiger partial charge on any atom is 0.365 e. The van der Waals surface area contributed by atoms with Crippen molar-refractivity contribution >= 4 is 44.1 Å². The van der Waals surface area contributed by atoms with Crippen molar-refractivity contribution in [2.45, 2.75) is 18.7 Å². The maximum atomic E-state index is 14.1. The van der Waals surface area contributed by atoms with Crippen LogP contribution in [0.3, 0.4) is 0 Å². The molecule has 0 spiro atoms. The van der Waals surface area contributed by atoms with Gasteiger partial charge < -0.3 is 20.2 Å². The zero-order valence-electron chi connectivity index (χ0n) is 28.5. The second-order valence-corrected chi connectivity index (χ2v) is 13.9. The van der Waals surface area contributed by atoms with Crippen LogP contribution in [-0.2, 0) is 14.3 Å². The number of hydroxylamine groups is 2. The van der Waals surface area contributed by atoms with Crippen LogP contribution in [0.25, 0.3) is 10.8 Å². The molecule has 0 aliphatic carbocycles. The largest absolute Gasteiger partial charge is 0.604 e. The molecule has 1 saturated heterocycles. The third-order valence-corrected chi connectivity index (χ3v) is 10.3. The number of nitrogens with zero attached hydrogens (tertiary/aromatic N) is 3. The van der Waals surface area contributed by atoms with Crippen LogP contribution >= 0.6 is 0 Å². The first-order valence-corrected chi connectivity index (χ1v) is 18.2. The molecule has 0 saturated carbocycles. The number of aryl methyl sites for hydroxylation is 1. The number of nitrogens with one attached hydrogen (secondary N) is 1. The Balaban J connectivity index is 1.01. The van der Waals surface area contributed by atoms with E-state index in [1.54, 1.807) is 42.3 Å². The third-order valence-electron chi connectivity index (χ3n) is 8.94. The van der Waals surface area contributed by atoms with Crippen LogP contribution in [0.15, 0.2) is 120 Å². The minimum Gasteiger partial charge on any atom is -0.604 e. The predicted molar refractivity (Wildman–Crippen MR) is 197 cm³/mol. The van der Waals surface area contributed by atoms with Crippen molar-refractivity contribution in [3.63, 3.8) is 0 Å². The lowest BCUT2D eigenvalue weighted by molar-refractivity contribution is -0.920. The van der Waals surface area contributed by atoms with Gasteiger partial charge in [-0.3, -0.25) is 8.98 Å². The second kappa shape index (κ2) is 15.4. The summed E-state index contributed by atoms with van der Waals surface area (Å²) in [5, 5.41) is 20.7. The molecular weight excluding hydrogens is 669 g/mol. The molecule has 1 atom stereocenters.